The molecular weight excluding hydrogens is 240 g/mol. The first kappa shape index (κ1) is 11.5. The van der Waals surface area contributed by atoms with E-state index in [0.29, 0.717) is 23.8 Å². The number of nitrogens with one attached hydrogen (secondary N) is 3. The van der Waals surface area contributed by atoms with Gasteiger partial charge < -0.3 is 10.6 Å². The minimum atomic E-state index is 0.0192. The van der Waals surface area contributed by atoms with Crippen molar-refractivity contribution in [2.75, 3.05) is 0 Å². The van der Waals surface area contributed by atoms with E-state index in [1.54, 1.807) is 0 Å². The van der Waals surface area contributed by atoms with Crippen LogP contribution >= 0.6 is 0 Å². The fourth-order valence-corrected chi connectivity index (χ4v) is 3.94. The summed E-state index contributed by atoms with van der Waals surface area (Å²) in [6.45, 7) is 0. The maximum absolute atomic E-state index is 12.4. The van der Waals surface area contributed by atoms with Gasteiger partial charge in [-0.15, -0.1) is 0 Å². The Hall–Kier alpha value is -1.36. The molecule has 4 rings (SSSR count). The number of piperidine rings is 1. The standard InChI is InChI=1S/C14H20N4O/c19-14(13-11-2-1-3-12(11)17-18-13)16-10-6-8-4-5-9(7-10)15-8/h8-10,15H,1-7H2,(H,16,19)(H,17,18). The van der Waals surface area contributed by atoms with Crippen molar-refractivity contribution in [3.8, 4) is 0 Å². The van der Waals surface area contributed by atoms with Crippen molar-refractivity contribution in [2.45, 2.75) is 63.1 Å². The number of carbonyl (C=O) groups excluding carboxylic acids is 1. The van der Waals surface area contributed by atoms with Gasteiger partial charge in [-0.05, 0) is 44.9 Å². The fraction of sp³-hybridized carbons (Fsp3) is 0.714. The van der Waals surface area contributed by atoms with E-state index in [2.05, 4.69) is 20.8 Å². The van der Waals surface area contributed by atoms with Crippen LogP contribution in [0.2, 0.25) is 0 Å². The summed E-state index contributed by atoms with van der Waals surface area (Å²) in [6, 6.07) is 1.53. The molecule has 2 unspecified atom stereocenters. The van der Waals surface area contributed by atoms with Crippen LogP contribution in [0.15, 0.2) is 0 Å². The number of H-pyrrole nitrogens is 1. The summed E-state index contributed by atoms with van der Waals surface area (Å²) < 4.78 is 0. The van der Waals surface area contributed by atoms with Crippen LogP contribution in [0.1, 0.15) is 53.8 Å². The summed E-state index contributed by atoms with van der Waals surface area (Å²) >= 11 is 0. The van der Waals surface area contributed by atoms with Crippen molar-refractivity contribution in [1.82, 2.24) is 20.8 Å². The Morgan fingerprint density at radius 1 is 1.21 bits per heavy atom. The number of hydrogen-bond donors (Lipinski definition) is 3. The molecule has 19 heavy (non-hydrogen) atoms. The van der Waals surface area contributed by atoms with Gasteiger partial charge in [0.25, 0.3) is 5.91 Å². The Bertz CT molecular complexity index is 498. The number of nitrogens with zero attached hydrogens (tertiary/aromatic N) is 1. The topological polar surface area (TPSA) is 69.8 Å². The second kappa shape index (κ2) is 4.34. The van der Waals surface area contributed by atoms with Crippen LogP contribution in [-0.2, 0) is 12.8 Å². The van der Waals surface area contributed by atoms with Crippen LogP contribution in [0, 0.1) is 0 Å². The average molecular weight is 260 g/mol. The molecule has 3 heterocycles. The van der Waals surface area contributed by atoms with Gasteiger partial charge in [-0.25, -0.2) is 0 Å². The first-order chi connectivity index (χ1) is 9.29. The number of amides is 1. The van der Waals surface area contributed by atoms with E-state index in [0.717, 1.165) is 43.4 Å². The van der Waals surface area contributed by atoms with Crippen molar-refractivity contribution < 1.29 is 4.79 Å². The summed E-state index contributed by atoms with van der Waals surface area (Å²) in [5.41, 5.74) is 2.95. The SMILES string of the molecule is O=C(NC1CC2CCC(C1)N2)c1n[nH]c2c1CCC2. The highest BCUT2D eigenvalue weighted by molar-refractivity contribution is 5.94. The van der Waals surface area contributed by atoms with Crippen LogP contribution in [0.3, 0.4) is 0 Å². The molecule has 2 atom stereocenters. The second-order valence-corrected chi connectivity index (χ2v) is 6.16. The number of aromatic amines is 1. The van der Waals surface area contributed by atoms with Crippen LogP contribution < -0.4 is 10.6 Å². The van der Waals surface area contributed by atoms with Crippen molar-refractivity contribution in [2.24, 2.45) is 0 Å². The number of hydrogen-bond acceptors (Lipinski definition) is 3. The monoisotopic (exact) mass is 260 g/mol. The molecule has 1 amide bonds. The molecule has 0 spiro atoms. The molecule has 2 fully saturated rings. The van der Waals surface area contributed by atoms with Gasteiger partial charge in [0.15, 0.2) is 5.69 Å². The highest BCUT2D eigenvalue weighted by Gasteiger charge is 2.34. The Balaban J connectivity index is 1.46. The molecular formula is C14H20N4O. The van der Waals surface area contributed by atoms with Gasteiger partial charge in [0.1, 0.15) is 0 Å². The van der Waals surface area contributed by atoms with E-state index in [1.165, 1.54) is 12.8 Å². The Kier molecular flexibility index (Phi) is 2.62. The van der Waals surface area contributed by atoms with Gasteiger partial charge >= 0.3 is 0 Å². The number of carbonyl (C=O) groups is 1. The molecule has 3 aliphatic rings. The molecule has 0 saturated carbocycles. The highest BCUT2D eigenvalue weighted by atomic mass is 16.2. The molecule has 102 valence electrons. The van der Waals surface area contributed by atoms with Gasteiger partial charge in [-0.3, -0.25) is 9.89 Å². The van der Waals surface area contributed by atoms with Gasteiger partial charge in [0.2, 0.25) is 0 Å². The van der Waals surface area contributed by atoms with Gasteiger partial charge in [-0.1, -0.05) is 0 Å². The Labute approximate surface area is 112 Å². The van der Waals surface area contributed by atoms with Crippen molar-refractivity contribution in [3.63, 3.8) is 0 Å². The van der Waals surface area contributed by atoms with E-state index < -0.39 is 0 Å². The van der Waals surface area contributed by atoms with Crippen LogP contribution in [0.5, 0.6) is 0 Å². The molecule has 5 heteroatoms. The highest BCUT2D eigenvalue weighted by Crippen LogP contribution is 2.27. The zero-order valence-electron chi connectivity index (χ0n) is 11.0. The van der Waals surface area contributed by atoms with Gasteiger partial charge in [0.05, 0.1) is 0 Å². The Morgan fingerprint density at radius 3 is 2.79 bits per heavy atom. The maximum Gasteiger partial charge on any atom is 0.272 e. The first-order valence-electron chi connectivity index (χ1n) is 7.42. The predicted octanol–water partition coefficient (Wildman–Crippen LogP) is 0.911. The molecule has 1 aromatic rings. The number of aryl methyl sites for hydroxylation is 1. The number of fused-ring (bicyclic) bond motifs is 3. The van der Waals surface area contributed by atoms with Gasteiger partial charge in [-0.2, -0.15) is 5.10 Å². The molecule has 0 aromatic carbocycles. The fourth-order valence-electron chi connectivity index (χ4n) is 3.94. The lowest BCUT2D eigenvalue weighted by atomic mass is 9.99. The molecule has 0 radical (unpaired) electrons. The first-order valence-corrected chi connectivity index (χ1v) is 7.42. The molecule has 5 nitrogen and oxygen atoms in total. The molecule has 2 bridgehead atoms. The third kappa shape index (κ3) is 1.96. The normalized spacial score (nSPS) is 32.3. The minimum absolute atomic E-state index is 0.0192. The average Bonchev–Trinajstić information content (AvgIpc) is 3.04. The lowest BCUT2D eigenvalue weighted by molar-refractivity contribution is 0.0918. The summed E-state index contributed by atoms with van der Waals surface area (Å²) in [5, 5.41) is 14.0. The number of rotatable bonds is 2. The predicted molar refractivity (Wildman–Crippen MR) is 71.0 cm³/mol. The molecule has 3 N–H and O–H groups in total. The summed E-state index contributed by atoms with van der Waals surface area (Å²) in [7, 11) is 0. The van der Waals surface area contributed by atoms with E-state index >= 15 is 0 Å². The molecule has 2 aliphatic heterocycles. The zero-order valence-corrected chi connectivity index (χ0v) is 11.0. The van der Waals surface area contributed by atoms with Crippen LogP contribution in [-0.4, -0.2) is 34.2 Å². The van der Waals surface area contributed by atoms with Crippen LogP contribution in [0.4, 0.5) is 0 Å². The summed E-state index contributed by atoms with van der Waals surface area (Å²) in [4.78, 5) is 12.4. The lowest BCUT2D eigenvalue weighted by Crippen LogP contribution is -2.48. The van der Waals surface area contributed by atoms with E-state index in [4.69, 9.17) is 0 Å². The van der Waals surface area contributed by atoms with Gasteiger partial charge in [0, 0.05) is 29.4 Å². The maximum atomic E-state index is 12.4. The van der Waals surface area contributed by atoms with E-state index in [1.807, 2.05) is 0 Å². The van der Waals surface area contributed by atoms with Crippen LogP contribution in [0.25, 0.3) is 0 Å². The van der Waals surface area contributed by atoms with Crippen molar-refractivity contribution >= 4 is 5.91 Å². The largest absolute Gasteiger partial charge is 0.348 e. The van der Waals surface area contributed by atoms with Crippen molar-refractivity contribution in [1.29, 1.82) is 0 Å². The quantitative estimate of drug-likeness (QED) is 0.740. The minimum Gasteiger partial charge on any atom is -0.348 e. The number of aromatic nitrogens is 2. The zero-order chi connectivity index (χ0) is 12.8. The van der Waals surface area contributed by atoms with E-state index in [9.17, 15) is 4.79 Å². The molecule has 1 aromatic heterocycles. The summed E-state index contributed by atoms with van der Waals surface area (Å²) in [6.07, 6.45) is 7.81. The molecule has 2 saturated heterocycles. The van der Waals surface area contributed by atoms with Crippen molar-refractivity contribution in [3.05, 3.63) is 17.0 Å². The second-order valence-electron chi connectivity index (χ2n) is 6.16. The smallest absolute Gasteiger partial charge is 0.272 e. The summed E-state index contributed by atoms with van der Waals surface area (Å²) in [5.74, 6) is 0.0192. The third-order valence-electron chi connectivity index (χ3n) is 4.83. The third-order valence-corrected chi connectivity index (χ3v) is 4.83. The van der Waals surface area contributed by atoms with E-state index in [-0.39, 0.29) is 5.91 Å². The lowest BCUT2D eigenvalue weighted by Gasteiger charge is -2.29. The Morgan fingerprint density at radius 2 is 2.00 bits per heavy atom. The molecule has 1 aliphatic carbocycles.